The monoisotopic (exact) mass is 267 g/mol. The lowest BCUT2D eigenvalue weighted by atomic mass is 10.2. The lowest BCUT2D eigenvalue weighted by Crippen LogP contribution is -2.10. The normalized spacial score (nSPS) is 13.6. The first-order valence-electron chi connectivity index (χ1n) is 6.32. The molecule has 0 spiro atoms. The average Bonchev–Trinajstić information content (AvgIpc) is 3.31. The lowest BCUT2D eigenvalue weighted by Gasteiger charge is -2.08. The van der Waals surface area contributed by atoms with Crippen molar-refractivity contribution in [1.82, 2.24) is 9.97 Å². The molecule has 100 valence electrons. The van der Waals surface area contributed by atoms with Gasteiger partial charge in [0.25, 0.3) is 0 Å². The Morgan fingerprint density at radius 3 is 2.85 bits per heavy atom. The van der Waals surface area contributed by atoms with Gasteiger partial charge in [-0.25, -0.2) is 10.8 Å². The van der Waals surface area contributed by atoms with Crippen LogP contribution in [-0.4, -0.2) is 9.97 Å². The molecule has 1 aromatic carbocycles. The van der Waals surface area contributed by atoms with Crippen LogP contribution in [0.3, 0.4) is 0 Å². The van der Waals surface area contributed by atoms with Crippen molar-refractivity contribution in [2.45, 2.75) is 18.8 Å². The molecule has 1 saturated carbocycles. The predicted octanol–water partition coefficient (Wildman–Crippen LogP) is 2.30. The van der Waals surface area contributed by atoms with Crippen LogP contribution < -0.4 is 16.0 Å². The van der Waals surface area contributed by atoms with Crippen LogP contribution in [0.1, 0.15) is 30.1 Å². The van der Waals surface area contributed by atoms with Crippen LogP contribution in [0.2, 0.25) is 0 Å². The van der Waals surface area contributed by atoms with Crippen LogP contribution in [-0.2, 0) is 0 Å². The minimum Gasteiger partial charge on any atom is -0.439 e. The largest absolute Gasteiger partial charge is 0.439 e. The molecule has 6 heteroatoms. The van der Waals surface area contributed by atoms with Crippen molar-refractivity contribution in [2.24, 2.45) is 5.84 Å². The molecule has 6 nitrogen and oxygen atoms in total. The molecule has 0 bridgehead atoms. The van der Waals surface area contributed by atoms with Crippen molar-refractivity contribution in [1.29, 1.82) is 5.26 Å². The number of hydrogen-bond donors (Lipinski definition) is 2. The topological polar surface area (TPSA) is 96.8 Å². The van der Waals surface area contributed by atoms with Gasteiger partial charge in [0.2, 0.25) is 5.88 Å². The van der Waals surface area contributed by atoms with E-state index in [4.69, 9.17) is 15.8 Å². The fourth-order valence-electron chi connectivity index (χ4n) is 1.84. The molecule has 2 aromatic rings. The van der Waals surface area contributed by atoms with Crippen LogP contribution >= 0.6 is 0 Å². The van der Waals surface area contributed by atoms with E-state index in [1.807, 2.05) is 0 Å². The Labute approximate surface area is 116 Å². The molecule has 1 heterocycles. The minimum atomic E-state index is 0.399. The van der Waals surface area contributed by atoms with Crippen molar-refractivity contribution >= 4 is 5.82 Å². The van der Waals surface area contributed by atoms with Crippen LogP contribution in [0.5, 0.6) is 11.6 Å². The molecule has 20 heavy (non-hydrogen) atoms. The fourth-order valence-corrected chi connectivity index (χ4v) is 1.84. The molecular formula is C14H13N5O. The van der Waals surface area contributed by atoms with Crippen LogP contribution in [0.15, 0.2) is 30.3 Å². The van der Waals surface area contributed by atoms with E-state index >= 15 is 0 Å². The second kappa shape index (κ2) is 5.15. The van der Waals surface area contributed by atoms with Gasteiger partial charge in [0.05, 0.1) is 11.6 Å². The molecule has 1 aliphatic carbocycles. The standard InChI is InChI=1S/C14H13N5O/c15-8-9-2-1-3-11(6-9)20-13-7-12(19-16)17-14(18-13)10-4-5-10/h1-3,6-7,10H,4-5,16H2,(H,17,18,19). The third kappa shape index (κ3) is 2.68. The van der Waals surface area contributed by atoms with Gasteiger partial charge in [0, 0.05) is 12.0 Å². The highest BCUT2D eigenvalue weighted by Gasteiger charge is 2.27. The van der Waals surface area contributed by atoms with Gasteiger partial charge in [0.1, 0.15) is 17.4 Å². The molecule has 1 fully saturated rings. The molecule has 0 amide bonds. The smallest absolute Gasteiger partial charge is 0.224 e. The number of hydrogen-bond acceptors (Lipinski definition) is 6. The van der Waals surface area contributed by atoms with Crippen molar-refractivity contribution < 1.29 is 4.74 Å². The maximum Gasteiger partial charge on any atom is 0.224 e. The van der Waals surface area contributed by atoms with Crippen molar-refractivity contribution in [3.05, 3.63) is 41.7 Å². The second-order valence-electron chi connectivity index (χ2n) is 4.61. The highest BCUT2D eigenvalue weighted by molar-refractivity contribution is 5.41. The second-order valence-corrected chi connectivity index (χ2v) is 4.61. The van der Waals surface area contributed by atoms with E-state index in [1.165, 1.54) is 0 Å². The summed E-state index contributed by atoms with van der Waals surface area (Å²) in [4.78, 5) is 8.69. The maximum absolute atomic E-state index is 8.88. The lowest BCUT2D eigenvalue weighted by molar-refractivity contribution is 0.459. The van der Waals surface area contributed by atoms with E-state index in [-0.39, 0.29) is 0 Å². The van der Waals surface area contributed by atoms with E-state index in [2.05, 4.69) is 21.5 Å². The van der Waals surface area contributed by atoms with Crippen molar-refractivity contribution in [3.63, 3.8) is 0 Å². The molecule has 1 aromatic heterocycles. The van der Waals surface area contributed by atoms with Crippen molar-refractivity contribution in [2.75, 3.05) is 5.43 Å². The first-order valence-corrected chi connectivity index (χ1v) is 6.32. The number of anilines is 1. The van der Waals surface area contributed by atoms with Crippen molar-refractivity contribution in [3.8, 4) is 17.7 Å². The van der Waals surface area contributed by atoms with Crippen LogP contribution in [0.4, 0.5) is 5.82 Å². The van der Waals surface area contributed by atoms with Gasteiger partial charge in [0.15, 0.2) is 0 Å². The molecule has 1 aliphatic rings. The molecule has 0 aliphatic heterocycles. The number of nitrogen functional groups attached to an aromatic ring is 1. The number of nitrogens with zero attached hydrogens (tertiary/aromatic N) is 3. The zero-order valence-corrected chi connectivity index (χ0v) is 10.7. The number of nitriles is 1. The number of rotatable bonds is 4. The van der Waals surface area contributed by atoms with E-state index in [0.717, 1.165) is 18.7 Å². The zero-order valence-electron chi connectivity index (χ0n) is 10.7. The third-order valence-corrected chi connectivity index (χ3v) is 3.00. The van der Waals surface area contributed by atoms with Gasteiger partial charge in [-0.1, -0.05) is 6.07 Å². The van der Waals surface area contributed by atoms with Gasteiger partial charge in [-0.05, 0) is 31.0 Å². The van der Waals surface area contributed by atoms with E-state index in [0.29, 0.717) is 28.9 Å². The summed E-state index contributed by atoms with van der Waals surface area (Å²) in [7, 11) is 0. The number of ether oxygens (including phenoxy) is 1. The summed E-state index contributed by atoms with van der Waals surface area (Å²) >= 11 is 0. The number of nitrogens with one attached hydrogen (secondary N) is 1. The fraction of sp³-hybridized carbons (Fsp3) is 0.214. The van der Waals surface area contributed by atoms with E-state index in [9.17, 15) is 0 Å². The van der Waals surface area contributed by atoms with Crippen LogP contribution in [0.25, 0.3) is 0 Å². The van der Waals surface area contributed by atoms with Gasteiger partial charge in [-0.15, -0.1) is 0 Å². The summed E-state index contributed by atoms with van der Waals surface area (Å²) in [5.74, 6) is 8.06. The molecule has 0 radical (unpaired) electrons. The third-order valence-electron chi connectivity index (χ3n) is 3.00. The summed E-state index contributed by atoms with van der Waals surface area (Å²) < 4.78 is 5.68. The number of nitrogens with two attached hydrogens (primary N) is 1. The molecule has 3 rings (SSSR count). The summed E-state index contributed by atoms with van der Waals surface area (Å²) in [6.45, 7) is 0. The first kappa shape index (κ1) is 12.4. The number of hydrazine groups is 1. The minimum absolute atomic E-state index is 0.399. The van der Waals surface area contributed by atoms with E-state index < -0.39 is 0 Å². The Balaban J connectivity index is 1.89. The highest BCUT2D eigenvalue weighted by Crippen LogP contribution is 2.39. The van der Waals surface area contributed by atoms with Crippen LogP contribution in [0, 0.1) is 11.3 Å². The Morgan fingerprint density at radius 2 is 2.15 bits per heavy atom. The predicted molar refractivity (Wildman–Crippen MR) is 73.0 cm³/mol. The number of benzene rings is 1. The van der Waals surface area contributed by atoms with Gasteiger partial charge < -0.3 is 10.2 Å². The summed E-state index contributed by atoms with van der Waals surface area (Å²) in [5, 5.41) is 8.88. The van der Waals surface area contributed by atoms with E-state index in [1.54, 1.807) is 30.3 Å². The Kier molecular flexibility index (Phi) is 3.19. The maximum atomic E-state index is 8.88. The zero-order chi connectivity index (χ0) is 13.9. The Hall–Kier alpha value is -2.65. The molecule has 0 atom stereocenters. The Bertz CT molecular complexity index is 676. The quantitative estimate of drug-likeness (QED) is 0.651. The molecule has 3 N–H and O–H groups in total. The highest BCUT2D eigenvalue weighted by atomic mass is 16.5. The summed E-state index contributed by atoms with van der Waals surface area (Å²) in [6, 6.07) is 10.6. The first-order chi connectivity index (χ1) is 9.78. The summed E-state index contributed by atoms with van der Waals surface area (Å²) in [5.41, 5.74) is 3.05. The Morgan fingerprint density at radius 1 is 1.30 bits per heavy atom. The van der Waals surface area contributed by atoms with Gasteiger partial charge in [-0.2, -0.15) is 10.2 Å². The molecule has 0 saturated heterocycles. The van der Waals surface area contributed by atoms with Gasteiger partial charge in [-0.3, -0.25) is 0 Å². The molecular weight excluding hydrogens is 254 g/mol. The summed E-state index contributed by atoms with van der Waals surface area (Å²) in [6.07, 6.45) is 2.19. The SMILES string of the molecule is N#Cc1cccc(Oc2cc(NN)nc(C3CC3)n2)c1. The number of aromatic nitrogens is 2. The average molecular weight is 267 g/mol. The van der Waals surface area contributed by atoms with Gasteiger partial charge >= 0.3 is 0 Å². The molecule has 0 unspecified atom stereocenters.